The molecule has 158 valence electrons. The van der Waals surface area contributed by atoms with Gasteiger partial charge in [-0.05, 0) is 85.6 Å². The lowest BCUT2D eigenvalue weighted by molar-refractivity contribution is -0.0328. The molecule has 0 aromatic heterocycles. The standard InChI is InChI=1S/C20H23F3N2O2S2/c1-2-12-25-13-11-16(14-25)15-3-5-17(6-4-15)24-29(26,27)19-9-7-18(8-10-19)28-20(21,22)23/h3-10,16,24H,2,11-14H2,1H3. The van der Waals surface area contributed by atoms with Crippen LogP contribution in [0.3, 0.4) is 0 Å². The third-order valence-electron chi connectivity index (χ3n) is 4.81. The summed E-state index contributed by atoms with van der Waals surface area (Å²) in [4.78, 5) is 2.29. The molecule has 1 fully saturated rings. The SMILES string of the molecule is CCCN1CCC(c2ccc(NS(=O)(=O)c3ccc(SC(F)(F)F)cc3)cc2)C1. The van der Waals surface area contributed by atoms with Crippen molar-refractivity contribution in [3.63, 3.8) is 0 Å². The monoisotopic (exact) mass is 444 g/mol. The number of alkyl halides is 3. The number of halogens is 3. The number of nitrogens with zero attached hydrogens (tertiary/aromatic N) is 1. The molecule has 2 aromatic carbocycles. The van der Waals surface area contributed by atoms with Crippen LogP contribution in [0.2, 0.25) is 0 Å². The topological polar surface area (TPSA) is 49.4 Å². The number of sulfonamides is 1. The Balaban J connectivity index is 1.64. The first kappa shape index (κ1) is 22.0. The summed E-state index contributed by atoms with van der Waals surface area (Å²) in [5.41, 5.74) is -2.81. The van der Waals surface area contributed by atoms with Crippen LogP contribution in [-0.2, 0) is 10.0 Å². The van der Waals surface area contributed by atoms with Crippen LogP contribution in [0, 0.1) is 0 Å². The van der Waals surface area contributed by atoms with Crippen molar-refractivity contribution in [2.75, 3.05) is 24.4 Å². The number of hydrogen-bond acceptors (Lipinski definition) is 4. The van der Waals surface area contributed by atoms with Crippen molar-refractivity contribution >= 4 is 27.5 Å². The number of nitrogens with one attached hydrogen (secondary N) is 1. The molecule has 0 spiro atoms. The summed E-state index contributed by atoms with van der Waals surface area (Å²) in [5, 5.41) is 0. The maximum absolute atomic E-state index is 12.5. The fourth-order valence-corrected chi connectivity index (χ4v) is 5.08. The molecule has 1 atom stereocenters. The van der Waals surface area contributed by atoms with E-state index in [1.807, 2.05) is 12.1 Å². The smallest absolute Gasteiger partial charge is 0.303 e. The van der Waals surface area contributed by atoms with Crippen LogP contribution in [0.5, 0.6) is 0 Å². The minimum absolute atomic E-state index is 0.0607. The zero-order chi connectivity index (χ0) is 21.1. The van der Waals surface area contributed by atoms with Crippen molar-refractivity contribution in [1.82, 2.24) is 4.90 Å². The molecule has 1 saturated heterocycles. The van der Waals surface area contributed by atoms with Gasteiger partial charge in [0.2, 0.25) is 0 Å². The number of hydrogen-bond donors (Lipinski definition) is 1. The van der Waals surface area contributed by atoms with Crippen molar-refractivity contribution in [3.8, 4) is 0 Å². The molecule has 0 bridgehead atoms. The van der Waals surface area contributed by atoms with Crippen LogP contribution in [0.4, 0.5) is 18.9 Å². The normalized spacial score (nSPS) is 18.1. The summed E-state index contributed by atoms with van der Waals surface area (Å²) in [7, 11) is -3.87. The Morgan fingerprint density at radius 1 is 1.10 bits per heavy atom. The lowest BCUT2D eigenvalue weighted by Gasteiger charge is -2.15. The van der Waals surface area contributed by atoms with Crippen LogP contribution in [0.1, 0.15) is 31.2 Å². The number of anilines is 1. The molecule has 1 unspecified atom stereocenters. The average Bonchev–Trinajstić information content (AvgIpc) is 3.10. The molecule has 0 aliphatic carbocycles. The van der Waals surface area contributed by atoms with E-state index in [2.05, 4.69) is 16.5 Å². The molecule has 29 heavy (non-hydrogen) atoms. The van der Waals surface area contributed by atoms with E-state index in [9.17, 15) is 21.6 Å². The van der Waals surface area contributed by atoms with Crippen molar-refractivity contribution in [2.45, 2.75) is 41.0 Å². The van der Waals surface area contributed by atoms with Crippen LogP contribution < -0.4 is 4.72 Å². The average molecular weight is 445 g/mol. The number of thioether (sulfide) groups is 1. The minimum Gasteiger partial charge on any atom is -0.303 e. The fourth-order valence-electron chi connectivity index (χ4n) is 3.48. The number of rotatable bonds is 7. The molecule has 2 aromatic rings. The zero-order valence-electron chi connectivity index (χ0n) is 15.9. The molecule has 3 rings (SSSR count). The Bertz CT molecular complexity index is 914. The maximum atomic E-state index is 12.5. The van der Waals surface area contributed by atoms with Crippen molar-refractivity contribution < 1.29 is 21.6 Å². The Hall–Kier alpha value is -1.71. The Labute approximate surface area is 173 Å². The summed E-state index contributed by atoms with van der Waals surface area (Å²) in [6, 6.07) is 12.0. The third kappa shape index (κ3) is 6.13. The summed E-state index contributed by atoms with van der Waals surface area (Å²) in [6.07, 6.45) is 2.22. The third-order valence-corrected chi connectivity index (χ3v) is 6.95. The molecule has 1 heterocycles. The number of likely N-dealkylation sites (tertiary alicyclic amines) is 1. The van der Waals surface area contributed by atoms with Gasteiger partial charge in [0.15, 0.2) is 0 Å². The van der Waals surface area contributed by atoms with Gasteiger partial charge in [0, 0.05) is 17.1 Å². The highest BCUT2D eigenvalue weighted by atomic mass is 32.2. The van der Waals surface area contributed by atoms with E-state index in [1.165, 1.54) is 17.7 Å². The fraction of sp³-hybridized carbons (Fsp3) is 0.400. The molecular formula is C20H23F3N2O2S2. The lowest BCUT2D eigenvalue weighted by Crippen LogP contribution is -2.20. The Kier molecular flexibility index (Phi) is 6.80. The molecular weight excluding hydrogens is 421 g/mol. The second-order valence-corrected chi connectivity index (χ2v) is 9.85. The second kappa shape index (κ2) is 8.97. The van der Waals surface area contributed by atoms with Gasteiger partial charge >= 0.3 is 5.51 Å². The molecule has 0 saturated carbocycles. The lowest BCUT2D eigenvalue weighted by atomic mass is 9.98. The molecule has 9 heteroatoms. The van der Waals surface area contributed by atoms with E-state index in [-0.39, 0.29) is 21.6 Å². The van der Waals surface area contributed by atoms with E-state index in [0.29, 0.717) is 11.6 Å². The first-order chi connectivity index (χ1) is 13.7. The Morgan fingerprint density at radius 3 is 2.34 bits per heavy atom. The molecule has 4 nitrogen and oxygen atoms in total. The molecule has 1 aliphatic heterocycles. The van der Waals surface area contributed by atoms with E-state index < -0.39 is 15.5 Å². The van der Waals surface area contributed by atoms with Crippen molar-refractivity contribution in [2.24, 2.45) is 0 Å². The summed E-state index contributed by atoms with van der Waals surface area (Å²) in [6.45, 7) is 5.35. The predicted octanol–water partition coefficient (Wildman–Crippen LogP) is 5.30. The van der Waals surface area contributed by atoms with Gasteiger partial charge in [0.25, 0.3) is 10.0 Å². The van der Waals surface area contributed by atoms with Crippen LogP contribution in [0.25, 0.3) is 0 Å². The molecule has 0 radical (unpaired) electrons. The van der Waals surface area contributed by atoms with Crippen molar-refractivity contribution in [1.29, 1.82) is 0 Å². The van der Waals surface area contributed by atoms with Gasteiger partial charge in [-0.15, -0.1) is 0 Å². The maximum Gasteiger partial charge on any atom is 0.446 e. The van der Waals surface area contributed by atoms with Gasteiger partial charge < -0.3 is 4.90 Å². The highest BCUT2D eigenvalue weighted by molar-refractivity contribution is 8.00. The Morgan fingerprint density at radius 2 is 1.76 bits per heavy atom. The summed E-state index contributed by atoms with van der Waals surface area (Å²) >= 11 is -0.278. The van der Waals surface area contributed by atoms with Crippen LogP contribution >= 0.6 is 11.8 Å². The first-order valence-electron chi connectivity index (χ1n) is 9.37. The van der Waals surface area contributed by atoms with Gasteiger partial charge in [0.05, 0.1) is 4.90 Å². The highest BCUT2D eigenvalue weighted by Gasteiger charge is 2.29. The summed E-state index contributed by atoms with van der Waals surface area (Å²) < 4.78 is 64.7. The minimum atomic E-state index is -4.41. The van der Waals surface area contributed by atoms with Gasteiger partial charge in [-0.2, -0.15) is 13.2 Å². The largest absolute Gasteiger partial charge is 0.446 e. The second-order valence-electron chi connectivity index (χ2n) is 7.03. The van der Waals surface area contributed by atoms with E-state index in [1.54, 1.807) is 12.1 Å². The number of benzene rings is 2. The van der Waals surface area contributed by atoms with Gasteiger partial charge in [-0.3, -0.25) is 4.72 Å². The molecule has 1 N–H and O–H groups in total. The first-order valence-corrected chi connectivity index (χ1v) is 11.7. The van der Waals surface area contributed by atoms with E-state index in [0.717, 1.165) is 44.6 Å². The molecule has 1 aliphatic rings. The quantitative estimate of drug-likeness (QED) is 0.589. The zero-order valence-corrected chi connectivity index (χ0v) is 17.6. The van der Waals surface area contributed by atoms with Gasteiger partial charge in [0.1, 0.15) is 0 Å². The van der Waals surface area contributed by atoms with E-state index >= 15 is 0 Å². The van der Waals surface area contributed by atoms with Gasteiger partial charge in [-0.25, -0.2) is 8.42 Å². The predicted molar refractivity (Wildman–Crippen MR) is 110 cm³/mol. The summed E-state index contributed by atoms with van der Waals surface area (Å²) in [5.74, 6) is 0.450. The van der Waals surface area contributed by atoms with Crippen LogP contribution in [0.15, 0.2) is 58.3 Å². The van der Waals surface area contributed by atoms with Crippen molar-refractivity contribution in [3.05, 3.63) is 54.1 Å². The van der Waals surface area contributed by atoms with Gasteiger partial charge in [-0.1, -0.05) is 19.1 Å². The molecule has 0 amide bonds. The van der Waals surface area contributed by atoms with E-state index in [4.69, 9.17) is 0 Å². The highest BCUT2D eigenvalue weighted by Crippen LogP contribution is 2.37. The van der Waals surface area contributed by atoms with Crippen LogP contribution in [-0.4, -0.2) is 38.5 Å².